The second-order valence-electron chi connectivity index (χ2n) is 6.64. The summed E-state index contributed by atoms with van der Waals surface area (Å²) in [4.78, 5) is 27.2. The Kier molecular flexibility index (Phi) is 4.60. The first-order valence-corrected chi connectivity index (χ1v) is 8.36. The predicted octanol–water partition coefficient (Wildman–Crippen LogP) is 0.626. The smallest absolute Gasteiger partial charge is 0.256 e. The van der Waals surface area contributed by atoms with Crippen molar-refractivity contribution in [1.29, 1.82) is 0 Å². The molecule has 3 rings (SSSR count). The number of hydrogen-bond donors (Lipinski definition) is 1. The normalized spacial score (nSPS) is 23.7. The molecule has 0 saturated carbocycles. The number of amides is 2. The molecule has 2 aliphatic heterocycles. The first kappa shape index (κ1) is 17.2. The lowest BCUT2D eigenvalue weighted by atomic mass is 9.73. The van der Waals surface area contributed by atoms with E-state index in [0.717, 1.165) is 11.3 Å². The lowest BCUT2D eigenvalue weighted by molar-refractivity contribution is -0.140. The fraction of sp³-hybridized carbons (Fsp3) is 0.421. The Morgan fingerprint density at radius 2 is 2.16 bits per heavy atom. The third-order valence-electron chi connectivity index (χ3n) is 4.92. The minimum absolute atomic E-state index is 0.0747. The van der Waals surface area contributed by atoms with E-state index in [2.05, 4.69) is 11.0 Å². The molecule has 6 heteroatoms. The van der Waals surface area contributed by atoms with Crippen LogP contribution >= 0.6 is 0 Å². The number of piperidine rings is 1. The topological polar surface area (TPSA) is 79.0 Å². The zero-order valence-corrected chi connectivity index (χ0v) is 14.3. The number of fused-ring (bicyclic) bond motifs is 1. The van der Waals surface area contributed by atoms with E-state index in [-0.39, 0.29) is 18.2 Å². The summed E-state index contributed by atoms with van der Waals surface area (Å²) in [5.41, 5.74) is 6.98. The highest BCUT2D eigenvalue weighted by Crippen LogP contribution is 2.38. The molecule has 130 valence electrons. The zero-order valence-electron chi connectivity index (χ0n) is 14.3. The van der Waals surface area contributed by atoms with Gasteiger partial charge in [0.25, 0.3) is 5.91 Å². The molecule has 0 radical (unpaired) electrons. The van der Waals surface area contributed by atoms with Crippen LogP contribution in [0.2, 0.25) is 0 Å². The Morgan fingerprint density at radius 1 is 1.44 bits per heavy atom. The van der Waals surface area contributed by atoms with Gasteiger partial charge in [0.15, 0.2) is 0 Å². The molecule has 0 aromatic heterocycles. The number of hydrazone groups is 1. The number of carbonyl (C=O) groups is 2. The summed E-state index contributed by atoms with van der Waals surface area (Å²) in [6.07, 6.45) is 6.55. The van der Waals surface area contributed by atoms with Crippen molar-refractivity contribution in [3.63, 3.8) is 0 Å². The largest absolute Gasteiger partial charge is 0.339 e. The molecule has 2 atom stereocenters. The fourth-order valence-electron chi connectivity index (χ4n) is 3.66. The fourth-order valence-corrected chi connectivity index (χ4v) is 3.66. The maximum absolute atomic E-state index is 12.9. The van der Waals surface area contributed by atoms with Gasteiger partial charge in [0.1, 0.15) is 5.41 Å². The minimum Gasteiger partial charge on any atom is -0.339 e. The summed E-state index contributed by atoms with van der Waals surface area (Å²) in [6.45, 7) is 0.800. The Labute approximate surface area is 147 Å². The number of hydrogen-bond acceptors (Lipinski definition) is 4. The first-order valence-electron chi connectivity index (χ1n) is 8.36. The molecule has 2 aliphatic rings. The number of benzene rings is 1. The van der Waals surface area contributed by atoms with E-state index in [1.807, 2.05) is 30.3 Å². The Hall–Kier alpha value is -2.65. The molecule has 2 heterocycles. The molecule has 0 bridgehead atoms. The van der Waals surface area contributed by atoms with Gasteiger partial charge in [-0.3, -0.25) is 9.59 Å². The lowest BCUT2D eigenvalue weighted by Gasteiger charge is -2.40. The monoisotopic (exact) mass is 338 g/mol. The summed E-state index contributed by atoms with van der Waals surface area (Å²) in [7, 11) is 1.66. The Morgan fingerprint density at radius 3 is 2.84 bits per heavy atom. The SMILES string of the molecule is C#CC[C@@H](N)C(=O)N1CCC2=NN(C)C(=O)[C@]2(Cc2ccccc2)C1. The van der Waals surface area contributed by atoms with Gasteiger partial charge in [-0.2, -0.15) is 5.10 Å². The molecule has 25 heavy (non-hydrogen) atoms. The van der Waals surface area contributed by atoms with Gasteiger partial charge < -0.3 is 10.6 Å². The van der Waals surface area contributed by atoms with Crippen LogP contribution in [0.15, 0.2) is 35.4 Å². The number of likely N-dealkylation sites (tertiary alicyclic amines) is 1. The van der Waals surface area contributed by atoms with Crippen molar-refractivity contribution in [2.24, 2.45) is 16.3 Å². The molecule has 2 N–H and O–H groups in total. The van der Waals surface area contributed by atoms with E-state index in [1.165, 1.54) is 5.01 Å². The van der Waals surface area contributed by atoms with E-state index in [4.69, 9.17) is 12.2 Å². The van der Waals surface area contributed by atoms with Crippen molar-refractivity contribution < 1.29 is 9.59 Å². The number of rotatable bonds is 4. The minimum atomic E-state index is -0.806. The van der Waals surface area contributed by atoms with Crippen LogP contribution in [0.4, 0.5) is 0 Å². The number of terminal acetylenes is 1. The molecule has 1 aromatic carbocycles. The van der Waals surface area contributed by atoms with Crippen LogP contribution in [-0.2, 0) is 16.0 Å². The van der Waals surface area contributed by atoms with E-state index in [0.29, 0.717) is 25.9 Å². The van der Waals surface area contributed by atoms with Gasteiger partial charge in [-0.05, 0) is 12.0 Å². The number of carbonyl (C=O) groups excluding carboxylic acids is 2. The van der Waals surface area contributed by atoms with Gasteiger partial charge in [-0.15, -0.1) is 12.3 Å². The number of nitrogens with zero attached hydrogens (tertiary/aromatic N) is 3. The van der Waals surface area contributed by atoms with Crippen LogP contribution in [0.5, 0.6) is 0 Å². The van der Waals surface area contributed by atoms with Crippen molar-refractivity contribution in [1.82, 2.24) is 9.91 Å². The van der Waals surface area contributed by atoms with Gasteiger partial charge >= 0.3 is 0 Å². The number of nitrogens with two attached hydrogens (primary N) is 1. The molecule has 6 nitrogen and oxygen atoms in total. The molecular formula is C19H22N4O2. The van der Waals surface area contributed by atoms with Crippen LogP contribution in [0.1, 0.15) is 18.4 Å². The highest BCUT2D eigenvalue weighted by atomic mass is 16.2. The Balaban J connectivity index is 1.90. The molecule has 2 amide bonds. The maximum Gasteiger partial charge on any atom is 0.256 e. The molecule has 0 unspecified atom stereocenters. The third-order valence-corrected chi connectivity index (χ3v) is 4.92. The van der Waals surface area contributed by atoms with Gasteiger partial charge in [0.2, 0.25) is 5.91 Å². The second-order valence-corrected chi connectivity index (χ2v) is 6.64. The standard InChI is InChI=1S/C19H22N4O2/c1-3-7-15(20)17(24)23-11-10-16-19(13-23,18(25)22(2)21-16)12-14-8-5-4-6-9-14/h1,4-6,8-9,15H,7,10-13,20H2,2H3/t15-,19-/m1/s1. The van der Waals surface area contributed by atoms with Gasteiger partial charge in [-0.25, -0.2) is 5.01 Å². The average Bonchev–Trinajstić information content (AvgIpc) is 2.86. The predicted molar refractivity (Wildman–Crippen MR) is 95.4 cm³/mol. The highest BCUT2D eigenvalue weighted by molar-refractivity contribution is 6.13. The summed E-state index contributed by atoms with van der Waals surface area (Å²) >= 11 is 0. The summed E-state index contributed by atoms with van der Waals surface area (Å²) < 4.78 is 0. The molecule has 1 saturated heterocycles. The Bertz CT molecular complexity index is 752. The zero-order chi connectivity index (χ0) is 18.0. The van der Waals surface area contributed by atoms with E-state index < -0.39 is 11.5 Å². The average molecular weight is 338 g/mol. The van der Waals surface area contributed by atoms with Crippen LogP contribution in [-0.4, -0.2) is 53.6 Å². The van der Waals surface area contributed by atoms with Gasteiger partial charge in [0, 0.05) is 33.0 Å². The summed E-state index contributed by atoms with van der Waals surface area (Å²) in [6, 6.07) is 9.08. The quantitative estimate of drug-likeness (QED) is 0.818. The molecule has 1 fully saturated rings. The van der Waals surface area contributed by atoms with Gasteiger partial charge in [0.05, 0.1) is 11.8 Å². The van der Waals surface area contributed by atoms with Gasteiger partial charge in [-0.1, -0.05) is 30.3 Å². The molecule has 1 aromatic rings. The molecular weight excluding hydrogens is 316 g/mol. The van der Waals surface area contributed by atoms with Crippen LogP contribution in [0.25, 0.3) is 0 Å². The van der Waals surface area contributed by atoms with E-state index in [9.17, 15) is 9.59 Å². The van der Waals surface area contributed by atoms with E-state index in [1.54, 1.807) is 11.9 Å². The molecule has 0 spiro atoms. The summed E-state index contributed by atoms with van der Waals surface area (Å²) in [5, 5.41) is 5.83. The first-order chi connectivity index (χ1) is 12.0. The van der Waals surface area contributed by atoms with Crippen LogP contribution in [0, 0.1) is 17.8 Å². The third kappa shape index (κ3) is 3.03. The maximum atomic E-state index is 12.9. The van der Waals surface area contributed by atoms with Crippen molar-refractivity contribution in [2.75, 3.05) is 20.1 Å². The highest BCUT2D eigenvalue weighted by Gasteiger charge is 2.53. The van der Waals surface area contributed by atoms with E-state index >= 15 is 0 Å². The van der Waals surface area contributed by atoms with Crippen molar-refractivity contribution in [2.45, 2.75) is 25.3 Å². The summed E-state index contributed by atoms with van der Waals surface area (Å²) in [5.74, 6) is 2.15. The van der Waals surface area contributed by atoms with Crippen molar-refractivity contribution in [3.05, 3.63) is 35.9 Å². The van der Waals surface area contributed by atoms with Crippen LogP contribution in [0.3, 0.4) is 0 Å². The van der Waals surface area contributed by atoms with Crippen molar-refractivity contribution in [3.8, 4) is 12.3 Å². The van der Waals surface area contributed by atoms with Crippen molar-refractivity contribution >= 4 is 17.5 Å². The molecule has 0 aliphatic carbocycles. The second kappa shape index (κ2) is 6.69. The lowest BCUT2D eigenvalue weighted by Crippen LogP contribution is -2.57. The van der Waals surface area contributed by atoms with Crippen LogP contribution < -0.4 is 5.73 Å².